The van der Waals surface area contributed by atoms with Crippen LogP contribution in [-0.4, -0.2) is 59.8 Å². The van der Waals surface area contributed by atoms with Crippen LogP contribution in [0, 0.1) is 0 Å². The van der Waals surface area contributed by atoms with Crippen molar-refractivity contribution in [2.24, 2.45) is 0 Å². The molecule has 0 aromatic carbocycles. The molecule has 1 saturated heterocycles. The highest BCUT2D eigenvalue weighted by atomic mass is 16.6. The highest BCUT2D eigenvalue weighted by Gasteiger charge is 2.44. The third-order valence-corrected chi connectivity index (χ3v) is 4.02. The van der Waals surface area contributed by atoms with Gasteiger partial charge >= 0.3 is 0 Å². The maximum atomic E-state index is 10.2. The van der Waals surface area contributed by atoms with Gasteiger partial charge in [-0.05, 0) is 6.07 Å². The second-order valence-electron chi connectivity index (χ2n) is 5.50. The number of nitrogen functional groups attached to an aromatic ring is 1. The number of anilines is 1. The number of hydrogen-bond donors (Lipinski definition) is 4. The van der Waals surface area contributed by atoms with Gasteiger partial charge in [0, 0.05) is 0 Å². The van der Waals surface area contributed by atoms with Crippen molar-refractivity contribution in [1.29, 1.82) is 0 Å². The number of imidazole rings is 1. The molecule has 126 valence electrons. The van der Waals surface area contributed by atoms with Gasteiger partial charge in [-0.15, -0.1) is 0 Å². The molecule has 10 nitrogen and oxygen atoms in total. The van der Waals surface area contributed by atoms with Crippen molar-refractivity contribution in [2.45, 2.75) is 24.5 Å². The molecule has 10 heteroatoms. The van der Waals surface area contributed by atoms with Crippen molar-refractivity contribution in [1.82, 2.24) is 19.5 Å². The van der Waals surface area contributed by atoms with Crippen LogP contribution in [0.4, 0.5) is 5.82 Å². The quantitative estimate of drug-likeness (QED) is 0.486. The third kappa shape index (κ3) is 2.16. The maximum Gasteiger partial charge on any atom is 0.168 e. The predicted octanol–water partition coefficient (Wildman–Crippen LogP) is -0.720. The first-order valence-corrected chi connectivity index (χ1v) is 7.25. The molecule has 0 amide bonds. The van der Waals surface area contributed by atoms with Crippen LogP contribution in [0.5, 0.6) is 0 Å². The number of hydrogen-bond acceptors (Lipinski definition) is 9. The van der Waals surface area contributed by atoms with Crippen molar-refractivity contribution < 1.29 is 24.5 Å². The summed E-state index contributed by atoms with van der Waals surface area (Å²) in [4.78, 5) is 12.7. The van der Waals surface area contributed by atoms with Crippen LogP contribution in [-0.2, 0) is 4.74 Å². The van der Waals surface area contributed by atoms with Crippen molar-refractivity contribution in [3.63, 3.8) is 0 Å². The van der Waals surface area contributed by atoms with E-state index >= 15 is 0 Å². The number of nitrogens with zero attached hydrogens (tertiary/aromatic N) is 4. The van der Waals surface area contributed by atoms with Crippen LogP contribution in [0.3, 0.4) is 0 Å². The highest BCUT2D eigenvalue weighted by Crippen LogP contribution is 2.32. The lowest BCUT2D eigenvalue weighted by Crippen LogP contribution is -2.33. The van der Waals surface area contributed by atoms with Gasteiger partial charge in [0.05, 0.1) is 24.8 Å². The fourth-order valence-corrected chi connectivity index (χ4v) is 2.76. The molecule has 4 rings (SSSR count). The number of fused-ring (bicyclic) bond motifs is 1. The second kappa shape index (κ2) is 5.53. The van der Waals surface area contributed by atoms with Crippen LogP contribution in [0.2, 0.25) is 0 Å². The van der Waals surface area contributed by atoms with Gasteiger partial charge in [0.1, 0.15) is 30.1 Å². The van der Waals surface area contributed by atoms with E-state index in [0.717, 1.165) is 0 Å². The lowest BCUT2D eigenvalue weighted by molar-refractivity contribution is -0.0511. The van der Waals surface area contributed by atoms with E-state index in [1.165, 1.54) is 23.4 Å². The Morgan fingerprint density at radius 1 is 1.25 bits per heavy atom. The smallest absolute Gasteiger partial charge is 0.168 e. The van der Waals surface area contributed by atoms with E-state index < -0.39 is 31.1 Å². The van der Waals surface area contributed by atoms with Gasteiger partial charge in [0.2, 0.25) is 0 Å². The molecule has 3 aromatic rings. The molecule has 5 N–H and O–H groups in total. The van der Waals surface area contributed by atoms with Gasteiger partial charge < -0.3 is 30.2 Å². The average molecular weight is 333 g/mol. The van der Waals surface area contributed by atoms with Crippen LogP contribution >= 0.6 is 0 Å². The van der Waals surface area contributed by atoms with Crippen LogP contribution in [0.15, 0.2) is 29.3 Å². The molecule has 0 spiro atoms. The number of rotatable bonds is 3. The largest absolute Gasteiger partial charge is 0.472 e. The van der Waals surface area contributed by atoms with Crippen molar-refractivity contribution in [3.05, 3.63) is 24.9 Å². The minimum Gasteiger partial charge on any atom is -0.472 e. The summed E-state index contributed by atoms with van der Waals surface area (Å²) in [7, 11) is 0. The van der Waals surface area contributed by atoms with E-state index in [0.29, 0.717) is 22.6 Å². The van der Waals surface area contributed by atoms with Crippen LogP contribution in [0.25, 0.3) is 22.6 Å². The summed E-state index contributed by atoms with van der Waals surface area (Å²) >= 11 is 0. The molecule has 3 aromatic heterocycles. The molecule has 0 radical (unpaired) electrons. The summed E-state index contributed by atoms with van der Waals surface area (Å²) in [5, 5.41) is 29.3. The Labute approximate surface area is 135 Å². The molecular formula is C14H15N5O5. The topological polar surface area (TPSA) is 153 Å². The van der Waals surface area contributed by atoms with E-state index in [-0.39, 0.29) is 5.82 Å². The van der Waals surface area contributed by atoms with Gasteiger partial charge in [-0.25, -0.2) is 15.0 Å². The summed E-state index contributed by atoms with van der Waals surface area (Å²) in [5.41, 5.74) is 7.27. The SMILES string of the molecule is Nc1nc(-c2ccoc2)nc2c1ncn2[C@@H]1O[C@H](CO)[C@@H](O)[C@H]1O. The molecule has 4 heterocycles. The molecule has 0 bridgehead atoms. The van der Waals surface area contributed by atoms with Crippen molar-refractivity contribution >= 4 is 17.0 Å². The molecule has 1 fully saturated rings. The summed E-state index contributed by atoms with van der Waals surface area (Å²) in [6.45, 7) is -0.418. The van der Waals surface area contributed by atoms with Crippen molar-refractivity contribution in [2.75, 3.05) is 12.3 Å². The van der Waals surface area contributed by atoms with Gasteiger partial charge in [0.25, 0.3) is 0 Å². The summed E-state index contributed by atoms with van der Waals surface area (Å²) in [6, 6.07) is 1.69. The Bertz CT molecular complexity index is 864. The Hall–Kier alpha value is -2.53. The molecular weight excluding hydrogens is 318 g/mol. The van der Waals surface area contributed by atoms with Crippen molar-refractivity contribution in [3.8, 4) is 11.4 Å². The number of nitrogens with two attached hydrogens (primary N) is 1. The Kier molecular flexibility index (Phi) is 3.46. The van der Waals surface area contributed by atoms with Gasteiger partial charge in [-0.2, -0.15) is 0 Å². The molecule has 0 unspecified atom stereocenters. The Morgan fingerprint density at radius 2 is 2.08 bits per heavy atom. The first-order valence-electron chi connectivity index (χ1n) is 7.25. The van der Waals surface area contributed by atoms with E-state index in [2.05, 4.69) is 15.0 Å². The molecule has 24 heavy (non-hydrogen) atoms. The summed E-state index contributed by atoms with van der Waals surface area (Å²) in [6.07, 6.45) is 0.0625. The number of furan rings is 1. The minimum absolute atomic E-state index is 0.168. The standard InChI is InChI=1S/C14H15N5O5/c15-11-8-13(18-12(17-11)6-1-2-23-4-6)19(5-16-8)14-10(22)9(21)7(3-20)24-14/h1-2,4-5,7,9-10,14,20-22H,3H2,(H2,15,17,18)/t7-,9-,10-,14-/m1/s1. The van der Waals surface area contributed by atoms with Crippen LogP contribution in [0.1, 0.15) is 6.23 Å². The fraction of sp³-hybridized carbons (Fsp3) is 0.357. The number of aliphatic hydroxyl groups is 3. The van der Waals surface area contributed by atoms with E-state index in [9.17, 15) is 15.3 Å². The highest BCUT2D eigenvalue weighted by molar-refractivity contribution is 5.83. The molecule has 0 aliphatic carbocycles. The Morgan fingerprint density at radius 3 is 2.75 bits per heavy atom. The average Bonchev–Trinajstić information content (AvgIpc) is 3.28. The minimum atomic E-state index is -1.24. The lowest BCUT2D eigenvalue weighted by atomic mass is 10.1. The number of ether oxygens (including phenoxy) is 1. The third-order valence-electron chi connectivity index (χ3n) is 4.02. The van der Waals surface area contributed by atoms with Gasteiger partial charge in [0.15, 0.2) is 23.5 Å². The zero-order chi connectivity index (χ0) is 16.8. The van der Waals surface area contributed by atoms with Gasteiger partial charge in [-0.1, -0.05) is 0 Å². The first kappa shape index (κ1) is 15.0. The van der Waals surface area contributed by atoms with Crippen LogP contribution < -0.4 is 5.73 Å². The second-order valence-corrected chi connectivity index (χ2v) is 5.50. The summed E-state index contributed by atoms with van der Waals surface area (Å²) in [5.74, 6) is 0.504. The zero-order valence-corrected chi connectivity index (χ0v) is 12.4. The molecule has 1 aliphatic rings. The zero-order valence-electron chi connectivity index (χ0n) is 12.4. The molecule has 0 saturated carbocycles. The maximum absolute atomic E-state index is 10.2. The Balaban J connectivity index is 1.82. The monoisotopic (exact) mass is 333 g/mol. The number of aliphatic hydroxyl groups excluding tert-OH is 3. The van der Waals surface area contributed by atoms with E-state index in [4.69, 9.17) is 14.9 Å². The number of aromatic nitrogens is 4. The van der Waals surface area contributed by atoms with E-state index in [1.807, 2.05) is 0 Å². The normalized spacial score (nSPS) is 27.1. The lowest BCUT2D eigenvalue weighted by Gasteiger charge is -2.16. The molecule has 4 atom stereocenters. The van der Waals surface area contributed by atoms with E-state index in [1.54, 1.807) is 6.07 Å². The first-order chi connectivity index (χ1) is 11.6. The summed E-state index contributed by atoms with van der Waals surface area (Å²) < 4.78 is 12.0. The predicted molar refractivity (Wildman–Crippen MR) is 80.4 cm³/mol. The molecule has 1 aliphatic heterocycles. The van der Waals surface area contributed by atoms with Gasteiger partial charge in [-0.3, -0.25) is 4.57 Å². The fourth-order valence-electron chi connectivity index (χ4n) is 2.76.